The maximum absolute atomic E-state index is 12.8. The first-order chi connectivity index (χ1) is 15.8. The molecule has 0 radical (unpaired) electrons. The lowest BCUT2D eigenvalue weighted by molar-refractivity contribution is -0.142. The van der Waals surface area contributed by atoms with E-state index in [4.69, 9.17) is 4.74 Å². The molecule has 0 aromatic heterocycles. The predicted molar refractivity (Wildman–Crippen MR) is 126 cm³/mol. The number of carbonyl (C=O) groups excluding carboxylic acids is 2. The topological polar surface area (TPSA) is 105 Å². The van der Waals surface area contributed by atoms with E-state index in [1.807, 2.05) is 43.3 Å². The Morgan fingerprint density at radius 1 is 1.03 bits per heavy atom. The molecule has 3 N–H and O–H groups in total. The van der Waals surface area contributed by atoms with Gasteiger partial charge in [0.05, 0.1) is 5.92 Å². The molecule has 7 heteroatoms. The number of benzene rings is 2. The Morgan fingerprint density at radius 3 is 2.12 bits per heavy atom. The van der Waals surface area contributed by atoms with Crippen LogP contribution in [0, 0.1) is 5.92 Å². The van der Waals surface area contributed by atoms with E-state index >= 15 is 0 Å². The second-order valence-electron chi connectivity index (χ2n) is 8.69. The summed E-state index contributed by atoms with van der Waals surface area (Å²) in [4.78, 5) is 36.8. The zero-order valence-corrected chi connectivity index (χ0v) is 19.4. The molecule has 1 aliphatic rings. The van der Waals surface area contributed by atoms with E-state index < -0.39 is 29.4 Å². The van der Waals surface area contributed by atoms with Crippen molar-refractivity contribution in [2.45, 2.75) is 51.5 Å². The Morgan fingerprint density at radius 2 is 1.61 bits per heavy atom. The molecule has 0 heterocycles. The van der Waals surface area contributed by atoms with Crippen molar-refractivity contribution >= 4 is 18.0 Å². The summed E-state index contributed by atoms with van der Waals surface area (Å²) in [5.41, 5.74) is 3.30. The summed E-state index contributed by atoms with van der Waals surface area (Å²) in [6.07, 6.45) is 0.782. The van der Waals surface area contributed by atoms with Crippen LogP contribution in [-0.2, 0) is 14.3 Å². The van der Waals surface area contributed by atoms with Crippen LogP contribution in [-0.4, -0.2) is 41.8 Å². The van der Waals surface area contributed by atoms with E-state index in [1.165, 1.54) is 0 Å². The highest BCUT2D eigenvalue weighted by atomic mass is 16.5. The van der Waals surface area contributed by atoms with Crippen LogP contribution in [0.4, 0.5) is 4.79 Å². The van der Waals surface area contributed by atoms with Gasteiger partial charge in [0.25, 0.3) is 0 Å². The minimum atomic E-state index is -1.20. The van der Waals surface area contributed by atoms with Crippen LogP contribution in [0.5, 0.6) is 0 Å². The van der Waals surface area contributed by atoms with E-state index in [1.54, 1.807) is 13.8 Å². The fourth-order valence-electron chi connectivity index (χ4n) is 4.41. The number of hydrogen-bond acceptors (Lipinski definition) is 4. The van der Waals surface area contributed by atoms with Gasteiger partial charge in [-0.2, -0.15) is 0 Å². The van der Waals surface area contributed by atoms with Gasteiger partial charge >= 0.3 is 12.1 Å². The third-order valence-corrected chi connectivity index (χ3v) is 6.32. The number of fused-ring (bicyclic) bond motifs is 3. The molecule has 0 aliphatic heterocycles. The van der Waals surface area contributed by atoms with Gasteiger partial charge in [0, 0.05) is 12.5 Å². The molecule has 2 atom stereocenters. The Balaban J connectivity index is 1.66. The van der Waals surface area contributed by atoms with Gasteiger partial charge in [-0.15, -0.1) is 0 Å². The van der Waals surface area contributed by atoms with Crippen LogP contribution in [0.2, 0.25) is 0 Å². The zero-order valence-electron chi connectivity index (χ0n) is 19.4. The summed E-state index contributed by atoms with van der Waals surface area (Å²) < 4.78 is 5.59. The normalized spacial score (nSPS) is 15.0. The van der Waals surface area contributed by atoms with Crippen molar-refractivity contribution in [1.82, 2.24) is 10.6 Å². The number of aliphatic carboxylic acids is 1. The van der Waals surface area contributed by atoms with Crippen LogP contribution in [0.25, 0.3) is 11.1 Å². The average Bonchev–Trinajstić information content (AvgIpc) is 3.11. The monoisotopic (exact) mass is 452 g/mol. The van der Waals surface area contributed by atoms with Crippen molar-refractivity contribution in [3.63, 3.8) is 0 Å². The van der Waals surface area contributed by atoms with Crippen molar-refractivity contribution < 1.29 is 24.2 Å². The van der Waals surface area contributed by atoms with Crippen molar-refractivity contribution in [3.8, 4) is 11.1 Å². The minimum absolute atomic E-state index is 0.0103. The molecule has 2 aromatic rings. The Hall–Kier alpha value is -3.35. The van der Waals surface area contributed by atoms with Crippen molar-refractivity contribution in [1.29, 1.82) is 0 Å². The van der Waals surface area contributed by atoms with E-state index in [-0.39, 0.29) is 19.1 Å². The molecule has 2 aromatic carbocycles. The predicted octanol–water partition coefficient (Wildman–Crippen LogP) is 4.31. The molecule has 0 saturated heterocycles. The molecular formula is C26H32N2O5. The van der Waals surface area contributed by atoms with Crippen LogP contribution in [0.1, 0.15) is 57.1 Å². The zero-order chi connectivity index (χ0) is 24.0. The largest absolute Gasteiger partial charge is 0.481 e. The number of hydrogen-bond donors (Lipinski definition) is 3. The first-order valence-electron chi connectivity index (χ1n) is 11.4. The summed E-state index contributed by atoms with van der Waals surface area (Å²) in [5, 5.41) is 14.6. The SMILES string of the molecule is CCCC(C)(NC(=O)OCC1c2ccccc2-c2ccccc21)C(=O)NCC(CC)C(=O)O. The number of nitrogens with one attached hydrogen (secondary N) is 2. The summed E-state index contributed by atoms with van der Waals surface area (Å²) in [6, 6.07) is 16.2. The molecule has 1 aliphatic carbocycles. The highest BCUT2D eigenvalue weighted by Crippen LogP contribution is 2.44. The van der Waals surface area contributed by atoms with Gasteiger partial charge in [0.15, 0.2) is 0 Å². The highest BCUT2D eigenvalue weighted by Gasteiger charge is 2.36. The Kier molecular flexibility index (Phi) is 7.74. The Bertz CT molecular complexity index is 976. The van der Waals surface area contributed by atoms with E-state index in [2.05, 4.69) is 22.8 Å². The molecule has 0 spiro atoms. The number of amides is 2. The Labute approximate surface area is 194 Å². The summed E-state index contributed by atoms with van der Waals surface area (Å²) in [7, 11) is 0. The molecule has 7 nitrogen and oxygen atoms in total. The number of carboxylic acids is 1. The summed E-state index contributed by atoms with van der Waals surface area (Å²) in [5.74, 6) is -2.12. The van der Waals surface area contributed by atoms with Crippen molar-refractivity contribution in [2.24, 2.45) is 5.92 Å². The van der Waals surface area contributed by atoms with Crippen LogP contribution >= 0.6 is 0 Å². The quantitative estimate of drug-likeness (QED) is 0.498. The lowest BCUT2D eigenvalue weighted by Gasteiger charge is -2.29. The molecule has 0 fully saturated rings. The van der Waals surface area contributed by atoms with Crippen LogP contribution in [0.15, 0.2) is 48.5 Å². The minimum Gasteiger partial charge on any atom is -0.481 e. The van der Waals surface area contributed by atoms with E-state index in [0.717, 1.165) is 22.3 Å². The van der Waals surface area contributed by atoms with E-state index in [0.29, 0.717) is 19.3 Å². The second kappa shape index (κ2) is 10.5. The van der Waals surface area contributed by atoms with Gasteiger partial charge in [0.1, 0.15) is 12.1 Å². The fourth-order valence-corrected chi connectivity index (χ4v) is 4.41. The van der Waals surface area contributed by atoms with Crippen molar-refractivity contribution in [2.75, 3.05) is 13.2 Å². The number of alkyl carbamates (subject to hydrolysis) is 1. The number of rotatable bonds is 10. The third-order valence-electron chi connectivity index (χ3n) is 6.32. The molecule has 3 rings (SSSR count). The lowest BCUT2D eigenvalue weighted by atomic mass is 9.94. The van der Waals surface area contributed by atoms with Gasteiger partial charge in [-0.25, -0.2) is 4.79 Å². The van der Waals surface area contributed by atoms with Gasteiger partial charge in [0.2, 0.25) is 5.91 Å². The third kappa shape index (κ3) is 5.35. The smallest absolute Gasteiger partial charge is 0.408 e. The van der Waals surface area contributed by atoms with E-state index in [9.17, 15) is 19.5 Å². The first kappa shape index (κ1) is 24.3. The molecule has 176 valence electrons. The average molecular weight is 453 g/mol. The fraction of sp³-hybridized carbons (Fsp3) is 0.423. The summed E-state index contributed by atoms with van der Waals surface area (Å²) in [6.45, 7) is 5.47. The molecule has 0 saturated carbocycles. The van der Waals surface area contributed by atoms with Gasteiger partial charge in [-0.1, -0.05) is 68.8 Å². The first-order valence-corrected chi connectivity index (χ1v) is 11.4. The standard InChI is InChI=1S/C26H32N2O5/c1-4-14-26(3,24(31)27-15-17(5-2)23(29)30)28-25(32)33-16-22-20-12-8-6-10-18(20)19-11-7-9-13-21(19)22/h6-13,17,22H,4-5,14-16H2,1-3H3,(H,27,31)(H,28,32)(H,29,30). The molecular weight excluding hydrogens is 420 g/mol. The number of carboxylic acid groups (broad SMARTS) is 1. The van der Waals surface area contributed by atoms with Gasteiger partial charge in [-0.3, -0.25) is 9.59 Å². The number of ether oxygens (including phenoxy) is 1. The summed E-state index contributed by atoms with van der Waals surface area (Å²) >= 11 is 0. The molecule has 2 unspecified atom stereocenters. The van der Waals surface area contributed by atoms with Crippen LogP contribution in [0.3, 0.4) is 0 Å². The maximum Gasteiger partial charge on any atom is 0.408 e. The lowest BCUT2D eigenvalue weighted by Crippen LogP contribution is -2.57. The number of carbonyl (C=O) groups is 3. The molecule has 33 heavy (non-hydrogen) atoms. The van der Waals surface area contributed by atoms with Gasteiger partial charge < -0.3 is 20.5 Å². The molecule has 2 amide bonds. The van der Waals surface area contributed by atoms with Crippen molar-refractivity contribution in [3.05, 3.63) is 59.7 Å². The highest BCUT2D eigenvalue weighted by molar-refractivity contribution is 5.90. The van der Waals surface area contributed by atoms with Gasteiger partial charge in [-0.05, 0) is 42.0 Å². The van der Waals surface area contributed by atoms with Crippen LogP contribution < -0.4 is 10.6 Å². The second-order valence-corrected chi connectivity index (χ2v) is 8.69. The molecule has 0 bridgehead atoms. The maximum atomic E-state index is 12.8.